The smallest absolute Gasteiger partial charge is 0.311 e. The quantitative estimate of drug-likeness (QED) is 0.450. The van der Waals surface area contributed by atoms with Crippen LogP contribution in [-0.4, -0.2) is 22.2 Å². The van der Waals surface area contributed by atoms with Gasteiger partial charge in [-0.05, 0) is 37.0 Å². The van der Waals surface area contributed by atoms with E-state index in [1.54, 1.807) is 0 Å². The zero-order valence-corrected chi connectivity index (χ0v) is 17.4. The molecule has 0 rings (SSSR count). The van der Waals surface area contributed by atoms with Gasteiger partial charge in [-0.15, -0.1) is 0 Å². The van der Waals surface area contributed by atoms with E-state index in [0.717, 1.165) is 25.7 Å². The Labute approximate surface area is 154 Å². The molecule has 3 atom stereocenters. The Morgan fingerprint density at radius 1 is 0.880 bits per heavy atom. The van der Waals surface area contributed by atoms with E-state index in [1.165, 1.54) is 0 Å². The highest BCUT2D eigenvalue weighted by Gasteiger charge is 2.62. The fraction of sp³-hybridized carbons (Fsp3) is 0.905. The number of hydrogen-bond acceptors (Lipinski definition) is 2. The summed E-state index contributed by atoms with van der Waals surface area (Å²) >= 11 is 0. The first-order valence-corrected chi connectivity index (χ1v) is 9.92. The van der Waals surface area contributed by atoms with Crippen LogP contribution in [0.4, 0.5) is 0 Å². The van der Waals surface area contributed by atoms with E-state index in [9.17, 15) is 19.8 Å². The van der Waals surface area contributed by atoms with Crippen molar-refractivity contribution in [2.45, 2.75) is 99.8 Å². The van der Waals surface area contributed by atoms with Crippen LogP contribution in [0.1, 0.15) is 99.8 Å². The molecular weight excluding hydrogens is 316 g/mol. The van der Waals surface area contributed by atoms with Gasteiger partial charge in [0.1, 0.15) is 0 Å². The summed E-state index contributed by atoms with van der Waals surface area (Å²) in [6.45, 7) is 14.1. The monoisotopic (exact) mass is 356 g/mol. The Balaban J connectivity index is 6.44. The molecule has 0 heterocycles. The largest absolute Gasteiger partial charge is 0.481 e. The summed E-state index contributed by atoms with van der Waals surface area (Å²) in [6.07, 6.45) is 5.12. The van der Waals surface area contributed by atoms with Crippen molar-refractivity contribution in [1.82, 2.24) is 0 Å². The Morgan fingerprint density at radius 3 is 1.68 bits per heavy atom. The summed E-state index contributed by atoms with van der Waals surface area (Å²) in [5.74, 6) is -2.08. The predicted molar refractivity (Wildman–Crippen MR) is 103 cm³/mol. The first-order valence-electron chi connectivity index (χ1n) is 9.92. The summed E-state index contributed by atoms with van der Waals surface area (Å²) in [5.41, 5.74) is -2.49. The lowest BCUT2D eigenvalue weighted by atomic mass is 9.51. The van der Waals surface area contributed by atoms with E-state index in [2.05, 4.69) is 20.8 Å². The van der Waals surface area contributed by atoms with Crippen molar-refractivity contribution in [3.8, 4) is 0 Å². The molecule has 0 fully saturated rings. The third-order valence-electron chi connectivity index (χ3n) is 5.89. The third-order valence-corrected chi connectivity index (χ3v) is 5.89. The molecule has 0 aliphatic rings. The van der Waals surface area contributed by atoms with Gasteiger partial charge < -0.3 is 10.2 Å². The first-order chi connectivity index (χ1) is 11.4. The summed E-state index contributed by atoms with van der Waals surface area (Å²) in [6, 6.07) is 0. The Kier molecular flexibility index (Phi) is 9.18. The number of rotatable bonds is 12. The minimum absolute atomic E-state index is 0.0466. The van der Waals surface area contributed by atoms with Gasteiger partial charge in [-0.25, -0.2) is 0 Å². The molecule has 0 bridgehead atoms. The van der Waals surface area contributed by atoms with Crippen molar-refractivity contribution < 1.29 is 19.8 Å². The van der Waals surface area contributed by atoms with Crippen LogP contribution < -0.4 is 0 Å². The third kappa shape index (κ3) is 5.21. The van der Waals surface area contributed by atoms with Gasteiger partial charge in [-0.3, -0.25) is 9.59 Å². The van der Waals surface area contributed by atoms with Crippen molar-refractivity contribution in [1.29, 1.82) is 0 Å². The van der Waals surface area contributed by atoms with Crippen molar-refractivity contribution in [3.05, 3.63) is 0 Å². The lowest BCUT2D eigenvalue weighted by molar-refractivity contribution is -0.185. The topological polar surface area (TPSA) is 74.6 Å². The molecule has 0 aromatic carbocycles. The van der Waals surface area contributed by atoms with Gasteiger partial charge in [-0.1, -0.05) is 74.1 Å². The highest BCUT2D eigenvalue weighted by atomic mass is 16.4. The van der Waals surface area contributed by atoms with Gasteiger partial charge in [0.25, 0.3) is 0 Å². The lowest BCUT2D eigenvalue weighted by Gasteiger charge is -2.50. The molecule has 4 heteroatoms. The van der Waals surface area contributed by atoms with E-state index in [0.29, 0.717) is 25.7 Å². The molecule has 4 nitrogen and oxygen atoms in total. The molecule has 0 radical (unpaired) electrons. The van der Waals surface area contributed by atoms with E-state index < -0.39 is 22.8 Å². The number of carboxylic acid groups (broad SMARTS) is 2. The van der Waals surface area contributed by atoms with Gasteiger partial charge in [0.05, 0.1) is 10.8 Å². The SMILES string of the molecule is CCCCC(CC)(C(=O)O)C(CCCC)(C(=O)O)C(C)CC(C)(C)C. The normalized spacial score (nSPS) is 18.2. The van der Waals surface area contributed by atoms with Crippen molar-refractivity contribution in [2.24, 2.45) is 22.2 Å². The molecule has 0 spiro atoms. The van der Waals surface area contributed by atoms with Crippen molar-refractivity contribution >= 4 is 11.9 Å². The number of aliphatic carboxylic acids is 2. The molecule has 0 aromatic rings. The summed E-state index contributed by atoms with van der Waals surface area (Å²) in [5, 5.41) is 20.6. The minimum atomic E-state index is -1.23. The van der Waals surface area contributed by atoms with Crippen LogP contribution in [0.15, 0.2) is 0 Å². The molecule has 0 saturated heterocycles. The van der Waals surface area contributed by atoms with Crippen LogP contribution in [0.2, 0.25) is 0 Å². The average molecular weight is 357 g/mol. The zero-order chi connectivity index (χ0) is 19.9. The number of unbranched alkanes of at least 4 members (excludes halogenated alkanes) is 2. The summed E-state index contributed by atoms with van der Waals surface area (Å²) in [7, 11) is 0. The van der Waals surface area contributed by atoms with Crippen molar-refractivity contribution in [2.75, 3.05) is 0 Å². The standard InChI is InChI=1S/C21H40O4/c1-8-11-13-20(10-3,17(22)23)21(18(24)25,14-12-9-2)16(4)15-19(5,6)7/h16H,8-15H2,1-7H3,(H,22,23)(H,24,25). The first kappa shape index (κ1) is 23.9. The summed E-state index contributed by atoms with van der Waals surface area (Å²) < 4.78 is 0. The maximum atomic E-state index is 12.7. The van der Waals surface area contributed by atoms with Crippen LogP contribution in [0, 0.1) is 22.2 Å². The van der Waals surface area contributed by atoms with E-state index in [4.69, 9.17) is 0 Å². The number of carbonyl (C=O) groups is 2. The van der Waals surface area contributed by atoms with Gasteiger partial charge in [0.15, 0.2) is 0 Å². The fourth-order valence-electron chi connectivity index (χ4n) is 4.67. The Hall–Kier alpha value is -1.06. The number of carboxylic acids is 2. The molecule has 0 aliphatic carbocycles. The average Bonchev–Trinajstić information content (AvgIpc) is 2.48. The van der Waals surface area contributed by atoms with E-state index >= 15 is 0 Å². The lowest BCUT2D eigenvalue weighted by Crippen LogP contribution is -2.56. The maximum absolute atomic E-state index is 12.7. The number of hydrogen-bond donors (Lipinski definition) is 2. The second kappa shape index (κ2) is 9.59. The molecule has 25 heavy (non-hydrogen) atoms. The maximum Gasteiger partial charge on any atom is 0.311 e. The predicted octanol–water partition coefficient (Wildman–Crippen LogP) is 5.99. The van der Waals surface area contributed by atoms with Crippen LogP contribution in [0.25, 0.3) is 0 Å². The zero-order valence-electron chi connectivity index (χ0n) is 17.4. The second-order valence-electron chi connectivity index (χ2n) is 8.89. The minimum Gasteiger partial charge on any atom is -0.481 e. The van der Waals surface area contributed by atoms with Crippen molar-refractivity contribution in [3.63, 3.8) is 0 Å². The highest BCUT2D eigenvalue weighted by Crippen LogP contribution is 2.56. The molecule has 0 saturated carbocycles. The highest BCUT2D eigenvalue weighted by molar-refractivity contribution is 5.87. The van der Waals surface area contributed by atoms with E-state index in [-0.39, 0.29) is 11.3 Å². The van der Waals surface area contributed by atoms with Crippen LogP contribution >= 0.6 is 0 Å². The molecule has 0 amide bonds. The van der Waals surface area contributed by atoms with Gasteiger partial charge >= 0.3 is 11.9 Å². The molecule has 0 aliphatic heterocycles. The Morgan fingerprint density at radius 2 is 1.36 bits per heavy atom. The van der Waals surface area contributed by atoms with Gasteiger partial charge in [0, 0.05) is 0 Å². The van der Waals surface area contributed by atoms with Crippen LogP contribution in [-0.2, 0) is 9.59 Å². The van der Waals surface area contributed by atoms with E-state index in [1.807, 2.05) is 27.7 Å². The van der Waals surface area contributed by atoms with Crippen LogP contribution in [0.3, 0.4) is 0 Å². The Bertz CT molecular complexity index is 438. The molecule has 2 N–H and O–H groups in total. The molecule has 0 aromatic heterocycles. The van der Waals surface area contributed by atoms with Gasteiger partial charge in [-0.2, -0.15) is 0 Å². The molecule has 148 valence electrons. The molecule has 3 unspecified atom stereocenters. The summed E-state index contributed by atoms with van der Waals surface area (Å²) in [4.78, 5) is 25.1. The van der Waals surface area contributed by atoms with Gasteiger partial charge in [0.2, 0.25) is 0 Å². The fourth-order valence-corrected chi connectivity index (χ4v) is 4.67. The van der Waals surface area contributed by atoms with Crippen LogP contribution in [0.5, 0.6) is 0 Å². The molecular formula is C21H40O4. The second-order valence-corrected chi connectivity index (χ2v) is 8.89.